The number of carbonyl (C=O) groups excluding carboxylic acids is 2. The Bertz CT molecular complexity index is 871. The van der Waals surface area contributed by atoms with Gasteiger partial charge in [-0.15, -0.1) is 0 Å². The molecule has 0 aliphatic carbocycles. The number of benzene rings is 1. The number of carbonyl (C=O) groups is 3. The van der Waals surface area contributed by atoms with Gasteiger partial charge >= 0.3 is 5.97 Å². The van der Waals surface area contributed by atoms with Crippen molar-refractivity contribution in [3.05, 3.63) is 39.9 Å². The van der Waals surface area contributed by atoms with Gasteiger partial charge < -0.3 is 19.8 Å². The van der Waals surface area contributed by atoms with E-state index < -0.39 is 24.3 Å². The molecular formula is C23H29Cl2N3O4. The number of carboxylic acids is 1. The molecule has 1 aromatic carbocycles. The van der Waals surface area contributed by atoms with Gasteiger partial charge in [-0.1, -0.05) is 35.7 Å². The number of hydrogen-bond donors (Lipinski definition) is 1. The second-order valence-electron chi connectivity index (χ2n) is 8.23. The molecule has 2 saturated heterocycles. The van der Waals surface area contributed by atoms with E-state index in [4.69, 9.17) is 23.2 Å². The van der Waals surface area contributed by atoms with Crippen molar-refractivity contribution in [1.29, 1.82) is 0 Å². The molecule has 3 rings (SSSR count). The number of rotatable bonds is 8. The second kappa shape index (κ2) is 11.7. The van der Waals surface area contributed by atoms with E-state index in [0.717, 1.165) is 26.1 Å². The molecule has 0 radical (unpaired) electrons. The van der Waals surface area contributed by atoms with E-state index in [0.29, 0.717) is 35.2 Å². The molecule has 2 fully saturated rings. The fourth-order valence-electron chi connectivity index (χ4n) is 4.23. The van der Waals surface area contributed by atoms with Crippen LogP contribution in [-0.2, 0) is 14.4 Å². The molecule has 2 aliphatic heterocycles. The van der Waals surface area contributed by atoms with Crippen LogP contribution in [0.15, 0.2) is 24.3 Å². The summed E-state index contributed by atoms with van der Waals surface area (Å²) in [5, 5.41) is 10.1. The Balaban J connectivity index is 1.61. The maximum atomic E-state index is 13.0. The van der Waals surface area contributed by atoms with E-state index in [-0.39, 0.29) is 5.91 Å². The third kappa shape index (κ3) is 6.70. The lowest BCUT2D eigenvalue weighted by Crippen LogP contribution is -2.59. The van der Waals surface area contributed by atoms with E-state index in [1.807, 2.05) is 0 Å². The number of hydrogen-bond acceptors (Lipinski definition) is 4. The normalized spacial score (nSPS) is 20.2. The van der Waals surface area contributed by atoms with Crippen LogP contribution in [0.25, 0.3) is 6.08 Å². The number of halogens is 2. The lowest BCUT2D eigenvalue weighted by Gasteiger charge is -2.40. The highest BCUT2D eigenvalue weighted by atomic mass is 35.5. The van der Waals surface area contributed by atoms with Crippen LogP contribution < -0.4 is 0 Å². The minimum atomic E-state index is -1.11. The quantitative estimate of drug-likeness (QED) is 0.575. The Morgan fingerprint density at radius 3 is 2.47 bits per heavy atom. The summed E-state index contributed by atoms with van der Waals surface area (Å²) in [6.07, 6.45) is 7.07. The third-order valence-corrected chi connectivity index (χ3v) is 6.69. The van der Waals surface area contributed by atoms with Gasteiger partial charge in [-0.3, -0.25) is 14.4 Å². The summed E-state index contributed by atoms with van der Waals surface area (Å²) < 4.78 is 0. The zero-order valence-corrected chi connectivity index (χ0v) is 19.5. The van der Waals surface area contributed by atoms with Crippen molar-refractivity contribution in [1.82, 2.24) is 14.7 Å². The Morgan fingerprint density at radius 1 is 1.03 bits per heavy atom. The minimum absolute atomic E-state index is 0.298. The minimum Gasteiger partial charge on any atom is -0.481 e. The number of nitrogens with zero attached hydrogens (tertiary/aromatic N) is 3. The Hall–Kier alpha value is -2.09. The van der Waals surface area contributed by atoms with Crippen LogP contribution >= 0.6 is 23.2 Å². The van der Waals surface area contributed by atoms with Gasteiger partial charge in [0.05, 0.1) is 16.5 Å². The monoisotopic (exact) mass is 481 g/mol. The van der Waals surface area contributed by atoms with Crippen LogP contribution in [-0.4, -0.2) is 82.9 Å². The Morgan fingerprint density at radius 2 is 1.78 bits per heavy atom. The van der Waals surface area contributed by atoms with Gasteiger partial charge in [0, 0.05) is 25.7 Å². The predicted octanol–water partition coefficient (Wildman–Crippen LogP) is 3.40. The van der Waals surface area contributed by atoms with Gasteiger partial charge in [-0.25, -0.2) is 0 Å². The van der Waals surface area contributed by atoms with Crippen molar-refractivity contribution < 1.29 is 19.5 Å². The summed E-state index contributed by atoms with van der Waals surface area (Å²) in [4.78, 5) is 42.7. The van der Waals surface area contributed by atoms with Crippen molar-refractivity contribution >= 4 is 47.1 Å². The fraction of sp³-hybridized carbons (Fsp3) is 0.522. The average molecular weight is 482 g/mol. The molecule has 0 saturated carbocycles. The standard InChI is InChI=1S/C23H29Cl2N3O4/c24-18-7-5-17(15-19(18)25)6-8-21(29)28-14-13-27(23(32)20(28)16-22(30)31)12-4-11-26-9-2-1-3-10-26/h5-8,15,20H,1-4,9-14,16H2,(H,30,31)/b8-6+. The van der Waals surface area contributed by atoms with Crippen LogP contribution in [0.3, 0.4) is 0 Å². The van der Waals surface area contributed by atoms with Gasteiger partial charge in [-0.05, 0) is 62.7 Å². The lowest BCUT2D eigenvalue weighted by atomic mass is 10.1. The average Bonchev–Trinajstić information content (AvgIpc) is 2.77. The smallest absolute Gasteiger partial charge is 0.305 e. The van der Waals surface area contributed by atoms with Crippen LogP contribution in [0, 0.1) is 0 Å². The summed E-state index contributed by atoms with van der Waals surface area (Å²) in [5.74, 6) is -1.80. The highest BCUT2D eigenvalue weighted by molar-refractivity contribution is 6.42. The Kier molecular flexibility index (Phi) is 8.96. The van der Waals surface area contributed by atoms with Gasteiger partial charge in [-0.2, -0.15) is 0 Å². The second-order valence-corrected chi connectivity index (χ2v) is 9.05. The number of aliphatic carboxylic acids is 1. The van der Waals surface area contributed by atoms with Gasteiger partial charge in [0.25, 0.3) is 0 Å². The number of amides is 2. The first kappa shape index (κ1) is 24.6. The SMILES string of the molecule is O=C(O)CC1C(=O)N(CCCN2CCCCC2)CCN1C(=O)/C=C/c1ccc(Cl)c(Cl)c1. The van der Waals surface area contributed by atoms with Crippen LogP contribution in [0.5, 0.6) is 0 Å². The van der Waals surface area contributed by atoms with Gasteiger partial charge in [0.2, 0.25) is 11.8 Å². The molecule has 174 valence electrons. The first-order valence-corrected chi connectivity index (χ1v) is 11.8. The summed E-state index contributed by atoms with van der Waals surface area (Å²) in [5.41, 5.74) is 0.685. The van der Waals surface area contributed by atoms with E-state index in [1.54, 1.807) is 29.2 Å². The maximum Gasteiger partial charge on any atom is 0.305 e. The third-order valence-electron chi connectivity index (χ3n) is 5.95. The molecule has 2 amide bonds. The first-order valence-electron chi connectivity index (χ1n) is 11.0. The summed E-state index contributed by atoms with van der Waals surface area (Å²) in [6.45, 7) is 4.42. The molecule has 1 unspecified atom stereocenters. The Labute approximate surface area is 198 Å². The molecule has 2 heterocycles. The van der Waals surface area contributed by atoms with Crippen LogP contribution in [0.4, 0.5) is 0 Å². The first-order chi connectivity index (χ1) is 15.3. The van der Waals surface area contributed by atoms with Crippen LogP contribution in [0.1, 0.15) is 37.7 Å². The number of likely N-dealkylation sites (tertiary alicyclic amines) is 1. The highest BCUT2D eigenvalue weighted by Crippen LogP contribution is 2.23. The van der Waals surface area contributed by atoms with Crippen molar-refractivity contribution in [2.24, 2.45) is 0 Å². The molecule has 1 N–H and O–H groups in total. The van der Waals surface area contributed by atoms with Crippen molar-refractivity contribution in [2.75, 3.05) is 39.3 Å². The maximum absolute atomic E-state index is 13.0. The van der Waals surface area contributed by atoms with E-state index >= 15 is 0 Å². The topological polar surface area (TPSA) is 81.2 Å². The summed E-state index contributed by atoms with van der Waals surface area (Å²) in [7, 11) is 0. The van der Waals surface area contributed by atoms with Crippen molar-refractivity contribution in [3.63, 3.8) is 0 Å². The fourth-order valence-corrected chi connectivity index (χ4v) is 4.54. The van der Waals surface area contributed by atoms with Gasteiger partial charge in [0.15, 0.2) is 0 Å². The highest BCUT2D eigenvalue weighted by Gasteiger charge is 2.37. The number of piperidine rings is 1. The molecule has 0 spiro atoms. The molecule has 9 heteroatoms. The van der Waals surface area contributed by atoms with Crippen LogP contribution in [0.2, 0.25) is 10.0 Å². The molecule has 2 aliphatic rings. The van der Waals surface area contributed by atoms with E-state index in [2.05, 4.69) is 4.90 Å². The van der Waals surface area contributed by atoms with Crippen molar-refractivity contribution in [2.45, 2.75) is 38.1 Å². The molecule has 32 heavy (non-hydrogen) atoms. The molecule has 1 atom stereocenters. The lowest BCUT2D eigenvalue weighted by molar-refractivity contribution is -0.154. The zero-order valence-electron chi connectivity index (χ0n) is 18.0. The number of carboxylic acid groups (broad SMARTS) is 1. The van der Waals surface area contributed by atoms with E-state index in [9.17, 15) is 19.5 Å². The molecule has 0 bridgehead atoms. The molecule has 0 aromatic heterocycles. The predicted molar refractivity (Wildman–Crippen MR) is 125 cm³/mol. The van der Waals surface area contributed by atoms with E-state index in [1.165, 1.54) is 30.2 Å². The number of piperazine rings is 1. The molecular weight excluding hydrogens is 453 g/mol. The van der Waals surface area contributed by atoms with Crippen molar-refractivity contribution in [3.8, 4) is 0 Å². The zero-order chi connectivity index (χ0) is 23.1. The largest absolute Gasteiger partial charge is 0.481 e. The summed E-state index contributed by atoms with van der Waals surface area (Å²) in [6, 6.07) is 3.99. The van der Waals surface area contributed by atoms with Gasteiger partial charge in [0.1, 0.15) is 6.04 Å². The molecule has 1 aromatic rings. The summed E-state index contributed by atoms with van der Waals surface area (Å²) >= 11 is 11.9. The molecule has 7 nitrogen and oxygen atoms in total.